The molecule has 1 fully saturated rings. The molecule has 0 bridgehead atoms. The fourth-order valence-electron chi connectivity index (χ4n) is 5.35. The van der Waals surface area contributed by atoms with E-state index < -0.39 is 46.2 Å². The van der Waals surface area contributed by atoms with Crippen molar-refractivity contribution in [2.75, 3.05) is 13.1 Å². The van der Waals surface area contributed by atoms with Crippen molar-refractivity contribution in [1.29, 1.82) is 0 Å². The zero-order chi connectivity index (χ0) is 30.7. The minimum Gasteiger partial charge on any atom is -0.370 e. The first-order valence-electron chi connectivity index (χ1n) is 13.2. The van der Waals surface area contributed by atoms with E-state index in [9.17, 15) is 27.7 Å². The lowest BCUT2D eigenvalue weighted by Gasteiger charge is -2.45. The zero-order valence-corrected chi connectivity index (χ0v) is 24.2. The highest BCUT2D eigenvalue weighted by molar-refractivity contribution is 7.89. The number of hydrogen-bond donors (Lipinski definition) is 1. The standard InChI is InChI=1S/C30H26ClN5O6S/c31-24-7-5-23-14-27(8-6-22(23)13-24)43(41,42)35-17-25(15-28(32)37)36(26(18-35)16-29(38)34-40)30(39)21-3-1-19(2-4-21)20-9-11-33-12-10-20/h1-14,25-26H,15-18H2,(H2,32,37)/t25-,26-/m1/s1. The van der Waals surface area contributed by atoms with Gasteiger partial charge in [0.05, 0.1) is 23.4 Å². The summed E-state index contributed by atoms with van der Waals surface area (Å²) in [4.78, 5) is 54.6. The van der Waals surface area contributed by atoms with Crippen LogP contribution in [0.4, 0.5) is 0 Å². The number of halogens is 1. The SMILES string of the molecule is NC(=O)C[C@@H]1CN(S(=O)(=O)c2ccc3cc(Cl)ccc3c2)C[C@@H](CC(=O)N=O)N1C(=O)c1ccc(-c2ccncc2)cc1. The lowest BCUT2D eigenvalue weighted by atomic mass is 9.99. The van der Waals surface area contributed by atoms with Gasteiger partial charge in [0, 0.05) is 47.7 Å². The molecule has 0 saturated carbocycles. The molecule has 0 unspecified atom stereocenters. The average Bonchev–Trinajstić information content (AvgIpc) is 3.00. The number of carbonyl (C=O) groups excluding carboxylic acids is 3. The van der Waals surface area contributed by atoms with Crippen LogP contribution in [0.25, 0.3) is 21.9 Å². The minimum atomic E-state index is -4.17. The summed E-state index contributed by atoms with van der Waals surface area (Å²) in [5, 5.41) is 4.34. The molecule has 2 heterocycles. The molecule has 4 aromatic rings. The number of sulfonamides is 1. The molecule has 5 rings (SSSR count). The molecule has 2 atom stereocenters. The first-order valence-corrected chi connectivity index (χ1v) is 15.1. The number of nitroso groups, excluding NO2 is 1. The van der Waals surface area contributed by atoms with Gasteiger partial charge in [-0.2, -0.15) is 4.31 Å². The summed E-state index contributed by atoms with van der Waals surface area (Å²) < 4.78 is 28.8. The number of primary amides is 1. The van der Waals surface area contributed by atoms with E-state index in [1.54, 1.807) is 60.9 Å². The Hall–Kier alpha value is -4.52. The van der Waals surface area contributed by atoms with Crippen molar-refractivity contribution in [3.05, 3.63) is 101 Å². The van der Waals surface area contributed by atoms with E-state index in [-0.39, 0.29) is 30.0 Å². The molecule has 1 saturated heterocycles. The summed E-state index contributed by atoms with van der Waals surface area (Å²) in [6, 6.07) is 17.8. The summed E-state index contributed by atoms with van der Waals surface area (Å²) in [7, 11) is -4.17. The summed E-state index contributed by atoms with van der Waals surface area (Å²) in [6.07, 6.45) is 2.38. The van der Waals surface area contributed by atoms with Crippen LogP contribution >= 0.6 is 11.6 Å². The number of nitrogens with zero attached hydrogens (tertiary/aromatic N) is 4. The number of rotatable bonds is 8. The number of piperazine rings is 1. The van der Waals surface area contributed by atoms with Crippen molar-refractivity contribution in [2.45, 2.75) is 29.8 Å². The molecule has 1 aromatic heterocycles. The van der Waals surface area contributed by atoms with Gasteiger partial charge in [0.2, 0.25) is 15.9 Å². The van der Waals surface area contributed by atoms with Crippen molar-refractivity contribution >= 4 is 50.1 Å². The van der Waals surface area contributed by atoms with Crippen LogP contribution < -0.4 is 5.73 Å². The highest BCUT2D eigenvalue weighted by Gasteiger charge is 2.43. The van der Waals surface area contributed by atoms with Gasteiger partial charge < -0.3 is 10.6 Å². The predicted molar refractivity (Wildman–Crippen MR) is 160 cm³/mol. The largest absolute Gasteiger partial charge is 0.370 e. The van der Waals surface area contributed by atoms with Crippen LogP contribution in [-0.2, 0) is 19.6 Å². The van der Waals surface area contributed by atoms with E-state index in [2.05, 4.69) is 10.2 Å². The summed E-state index contributed by atoms with van der Waals surface area (Å²) in [5.41, 5.74) is 7.49. The van der Waals surface area contributed by atoms with Crippen LogP contribution in [0.1, 0.15) is 23.2 Å². The Kier molecular flexibility index (Phi) is 8.62. The van der Waals surface area contributed by atoms with E-state index in [0.29, 0.717) is 10.4 Å². The molecule has 13 heteroatoms. The van der Waals surface area contributed by atoms with Crippen molar-refractivity contribution in [3.8, 4) is 11.1 Å². The molecule has 3 aromatic carbocycles. The van der Waals surface area contributed by atoms with E-state index in [4.69, 9.17) is 17.3 Å². The highest BCUT2D eigenvalue weighted by atomic mass is 35.5. The maximum atomic E-state index is 13.9. The van der Waals surface area contributed by atoms with Gasteiger partial charge in [0.1, 0.15) is 0 Å². The fourth-order valence-corrected chi connectivity index (χ4v) is 7.08. The fraction of sp³-hybridized carbons (Fsp3) is 0.200. The summed E-state index contributed by atoms with van der Waals surface area (Å²) >= 11 is 6.06. The molecular weight excluding hydrogens is 594 g/mol. The summed E-state index contributed by atoms with van der Waals surface area (Å²) in [6.45, 7) is -0.567. The Morgan fingerprint density at radius 3 is 2.12 bits per heavy atom. The molecule has 0 aliphatic carbocycles. The Morgan fingerprint density at radius 1 is 0.860 bits per heavy atom. The van der Waals surface area contributed by atoms with E-state index in [1.165, 1.54) is 17.0 Å². The molecule has 220 valence electrons. The van der Waals surface area contributed by atoms with Gasteiger partial charge in [-0.1, -0.05) is 35.9 Å². The van der Waals surface area contributed by atoms with Gasteiger partial charge in [-0.3, -0.25) is 19.4 Å². The molecule has 1 aliphatic rings. The van der Waals surface area contributed by atoms with Gasteiger partial charge in [-0.05, 0) is 70.4 Å². The first-order chi connectivity index (χ1) is 20.6. The maximum absolute atomic E-state index is 13.9. The number of hydrogen-bond acceptors (Lipinski definition) is 7. The quantitative estimate of drug-likeness (QED) is 0.292. The maximum Gasteiger partial charge on any atom is 0.288 e. The van der Waals surface area contributed by atoms with Crippen molar-refractivity contribution in [3.63, 3.8) is 0 Å². The average molecular weight is 620 g/mol. The van der Waals surface area contributed by atoms with Crippen LogP contribution in [0.15, 0.2) is 95.3 Å². The number of nitrogens with two attached hydrogens (primary N) is 1. The van der Waals surface area contributed by atoms with Gasteiger partial charge in [0.25, 0.3) is 11.8 Å². The van der Waals surface area contributed by atoms with Crippen molar-refractivity contribution < 1.29 is 22.8 Å². The molecule has 43 heavy (non-hydrogen) atoms. The Morgan fingerprint density at radius 2 is 1.47 bits per heavy atom. The molecule has 3 amide bonds. The van der Waals surface area contributed by atoms with Crippen molar-refractivity contribution in [2.24, 2.45) is 10.9 Å². The van der Waals surface area contributed by atoms with E-state index in [1.807, 2.05) is 12.1 Å². The van der Waals surface area contributed by atoms with Gasteiger partial charge in [-0.15, -0.1) is 4.91 Å². The van der Waals surface area contributed by atoms with E-state index >= 15 is 0 Å². The minimum absolute atomic E-state index is 0.0230. The zero-order valence-electron chi connectivity index (χ0n) is 22.7. The molecule has 2 N–H and O–H groups in total. The number of fused-ring (bicyclic) bond motifs is 1. The second-order valence-electron chi connectivity index (χ2n) is 10.2. The van der Waals surface area contributed by atoms with Gasteiger partial charge in [0.15, 0.2) is 0 Å². The number of benzene rings is 3. The normalized spacial score (nSPS) is 17.5. The summed E-state index contributed by atoms with van der Waals surface area (Å²) in [5.74, 6) is -2.37. The van der Waals surface area contributed by atoms with Crippen LogP contribution in [-0.4, -0.2) is 65.5 Å². The Labute approximate surface area is 252 Å². The lowest BCUT2D eigenvalue weighted by Crippen LogP contribution is -2.62. The number of pyridine rings is 1. The second-order valence-corrected chi connectivity index (χ2v) is 12.5. The third-order valence-corrected chi connectivity index (χ3v) is 9.42. The topological polar surface area (TPSA) is 160 Å². The number of amides is 3. The predicted octanol–water partition coefficient (Wildman–Crippen LogP) is 4.00. The molecule has 0 radical (unpaired) electrons. The molecule has 0 spiro atoms. The molecule has 11 nitrogen and oxygen atoms in total. The third kappa shape index (κ3) is 6.46. The Bertz CT molecular complexity index is 1820. The first kappa shape index (κ1) is 30.0. The van der Waals surface area contributed by atoms with Crippen molar-refractivity contribution in [1.82, 2.24) is 14.2 Å². The number of aromatic nitrogens is 1. The van der Waals surface area contributed by atoms with Gasteiger partial charge >= 0.3 is 0 Å². The lowest BCUT2D eigenvalue weighted by molar-refractivity contribution is -0.120. The van der Waals surface area contributed by atoms with Crippen LogP contribution in [0.2, 0.25) is 5.02 Å². The number of carbonyl (C=O) groups is 3. The van der Waals surface area contributed by atoms with Gasteiger partial charge in [-0.25, -0.2) is 8.42 Å². The third-order valence-electron chi connectivity index (χ3n) is 7.36. The Balaban J connectivity index is 1.50. The monoisotopic (exact) mass is 619 g/mol. The molecular formula is C30H26ClN5O6S. The second kappa shape index (κ2) is 12.4. The van der Waals surface area contributed by atoms with E-state index in [0.717, 1.165) is 20.8 Å². The van der Waals surface area contributed by atoms with Crippen LogP contribution in [0.5, 0.6) is 0 Å². The smallest absolute Gasteiger partial charge is 0.288 e. The molecule has 1 aliphatic heterocycles. The highest BCUT2D eigenvalue weighted by Crippen LogP contribution is 2.30. The van der Waals surface area contributed by atoms with Crippen LogP contribution in [0.3, 0.4) is 0 Å². The van der Waals surface area contributed by atoms with Crippen LogP contribution in [0, 0.1) is 4.91 Å².